The van der Waals surface area contributed by atoms with Gasteiger partial charge in [0.2, 0.25) is 10.0 Å². The quantitative estimate of drug-likeness (QED) is 0.548. The number of esters is 1. The van der Waals surface area contributed by atoms with Crippen molar-refractivity contribution >= 4 is 27.6 Å². The van der Waals surface area contributed by atoms with Crippen LogP contribution in [-0.4, -0.2) is 52.4 Å². The van der Waals surface area contributed by atoms with Gasteiger partial charge in [-0.3, -0.25) is 4.79 Å². The minimum atomic E-state index is -3.66. The van der Waals surface area contributed by atoms with Crippen molar-refractivity contribution < 1.29 is 27.5 Å². The third kappa shape index (κ3) is 5.87. The fraction of sp³-hybridized carbons (Fsp3) is 0.375. The van der Waals surface area contributed by atoms with Crippen molar-refractivity contribution in [3.05, 3.63) is 30.4 Å². The molecule has 1 rings (SSSR count). The van der Waals surface area contributed by atoms with Crippen LogP contribution in [0.4, 0.5) is 5.69 Å². The number of methoxy groups -OCH3 is 1. The van der Waals surface area contributed by atoms with Gasteiger partial charge in [-0.25, -0.2) is 17.5 Å². The molecule has 138 valence electrons. The van der Waals surface area contributed by atoms with Gasteiger partial charge in [-0.1, -0.05) is 13.0 Å². The number of sulfonamides is 1. The standard InChI is InChI=1S/C16H22N2O6S/c1-5-6-7-16(20)24-11-15(19)17-13-10-12(8-9-14(13)23-4)25(21,22)18(2)3/h6-10H,5,11H2,1-4H3,(H,17,19)/b7-6+. The van der Waals surface area contributed by atoms with Gasteiger partial charge >= 0.3 is 5.97 Å². The Balaban J connectivity index is 2.91. The van der Waals surface area contributed by atoms with E-state index in [1.807, 2.05) is 6.92 Å². The highest BCUT2D eigenvalue weighted by atomic mass is 32.2. The molecule has 0 spiro atoms. The highest BCUT2D eigenvalue weighted by Crippen LogP contribution is 2.28. The molecule has 0 saturated carbocycles. The first-order valence-corrected chi connectivity index (χ1v) is 8.90. The minimum absolute atomic E-state index is 0.00326. The first kappa shape index (κ1) is 20.7. The number of nitrogens with zero attached hydrogens (tertiary/aromatic N) is 1. The van der Waals surface area contributed by atoms with Crippen LogP contribution in [0.15, 0.2) is 35.2 Å². The Kier molecular flexibility index (Phi) is 7.59. The van der Waals surface area contributed by atoms with E-state index in [1.54, 1.807) is 6.08 Å². The SMILES string of the molecule is CC/C=C/C(=O)OCC(=O)Nc1cc(S(=O)(=O)N(C)C)ccc1OC. The number of ether oxygens (including phenoxy) is 2. The Bertz CT molecular complexity index is 756. The van der Waals surface area contributed by atoms with Gasteiger partial charge < -0.3 is 14.8 Å². The number of carbonyl (C=O) groups is 2. The summed E-state index contributed by atoms with van der Waals surface area (Å²) in [6.45, 7) is 1.36. The third-order valence-electron chi connectivity index (χ3n) is 3.06. The summed E-state index contributed by atoms with van der Waals surface area (Å²) in [6, 6.07) is 4.09. The zero-order valence-electron chi connectivity index (χ0n) is 14.6. The molecule has 0 aliphatic rings. The van der Waals surface area contributed by atoms with Gasteiger partial charge in [0.25, 0.3) is 5.91 Å². The molecule has 1 N–H and O–H groups in total. The lowest BCUT2D eigenvalue weighted by Gasteiger charge is -2.15. The van der Waals surface area contributed by atoms with Gasteiger partial charge in [-0.05, 0) is 24.6 Å². The largest absolute Gasteiger partial charge is 0.495 e. The van der Waals surface area contributed by atoms with Gasteiger partial charge in [0.15, 0.2) is 6.61 Å². The van der Waals surface area contributed by atoms with Crippen molar-refractivity contribution in [3.63, 3.8) is 0 Å². The molecule has 0 unspecified atom stereocenters. The maximum Gasteiger partial charge on any atom is 0.330 e. The summed E-state index contributed by atoms with van der Waals surface area (Å²) in [5.41, 5.74) is 0.163. The first-order valence-electron chi connectivity index (χ1n) is 7.46. The monoisotopic (exact) mass is 370 g/mol. The van der Waals surface area contributed by atoms with Crippen molar-refractivity contribution in [3.8, 4) is 5.75 Å². The van der Waals surface area contributed by atoms with Crippen LogP contribution in [-0.2, 0) is 24.3 Å². The van der Waals surface area contributed by atoms with E-state index in [1.165, 1.54) is 45.5 Å². The molecule has 0 fully saturated rings. The van der Waals surface area contributed by atoms with Crippen molar-refractivity contribution in [2.75, 3.05) is 33.1 Å². The second kappa shape index (κ2) is 9.19. The molecule has 0 heterocycles. The number of anilines is 1. The number of hydrogen-bond acceptors (Lipinski definition) is 6. The number of rotatable bonds is 8. The van der Waals surface area contributed by atoms with E-state index in [0.29, 0.717) is 6.42 Å². The normalized spacial score (nSPS) is 11.6. The Morgan fingerprint density at radius 2 is 1.96 bits per heavy atom. The van der Waals surface area contributed by atoms with Crippen LogP contribution >= 0.6 is 0 Å². The summed E-state index contributed by atoms with van der Waals surface area (Å²) in [6.07, 6.45) is 3.52. The van der Waals surface area contributed by atoms with Gasteiger partial charge in [-0.2, -0.15) is 0 Å². The molecule has 1 amide bonds. The molecule has 1 aromatic carbocycles. The molecule has 9 heteroatoms. The van der Waals surface area contributed by atoms with E-state index < -0.39 is 28.5 Å². The smallest absolute Gasteiger partial charge is 0.330 e. The number of benzene rings is 1. The molecule has 1 aromatic rings. The average molecular weight is 370 g/mol. The predicted octanol–water partition coefficient (Wildman–Crippen LogP) is 1.39. The second-order valence-corrected chi connectivity index (χ2v) is 7.27. The van der Waals surface area contributed by atoms with E-state index in [-0.39, 0.29) is 16.3 Å². The van der Waals surface area contributed by atoms with Crippen molar-refractivity contribution in [1.29, 1.82) is 0 Å². The molecule has 0 bridgehead atoms. The van der Waals surface area contributed by atoms with E-state index >= 15 is 0 Å². The highest BCUT2D eigenvalue weighted by Gasteiger charge is 2.20. The molecule has 0 aliphatic carbocycles. The van der Waals surface area contributed by atoms with Crippen LogP contribution in [0.25, 0.3) is 0 Å². The molecule has 0 aromatic heterocycles. The Morgan fingerprint density at radius 1 is 1.28 bits per heavy atom. The van der Waals surface area contributed by atoms with Gasteiger partial charge in [-0.15, -0.1) is 0 Å². The summed E-state index contributed by atoms with van der Waals surface area (Å²) in [4.78, 5) is 23.3. The maximum atomic E-state index is 12.2. The summed E-state index contributed by atoms with van der Waals surface area (Å²) in [5, 5.41) is 2.48. The average Bonchev–Trinajstić information content (AvgIpc) is 2.57. The summed E-state index contributed by atoms with van der Waals surface area (Å²) < 4.78 is 35.3. The molecule has 0 atom stereocenters. The lowest BCUT2D eigenvalue weighted by molar-refractivity contribution is -0.142. The highest BCUT2D eigenvalue weighted by molar-refractivity contribution is 7.89. The summed E-state index contributed by atoms with van der Waals surface area (Å²) in [5.74, 6) is -0.966. The Hall–Kier alpha value is -2.39. The number of hydrogen-bond donors (Lipinski definition) is 1. The lowest BCUT2D eigenvalue weighted by Crippen LogP contribution is -2.23. The van der Waals surface area contributed by atoms with E-state index in [9.17, 15) is 18.0 Å². The van der Waals surface area contributed by atoms with Crippen LogP contribution in [0.3, 0.4) is 0 Å². The Morgan fingerprint density at radius 3 is 2.52 bits per heavy atom. The van der Waals surface area contributed by atoms with Crippen LogP contribution in [0.1, 0.15) is 13.3 Å². The second-order valence-electron chi connectivity index (χ2n) is 5.12. The number of allylic oxidation sites excluding steroid dienone is 1. The zero-order chi connectivity index (χ0) is 19.0. The number of nitrogens with one attached hydrogen (secondary N) is 1. The Labute approximate surface area is 147 Å². The molecular weight excluding hydrogens is 348 g/mol. The molecule has 0 aliphatic heterocycles. The van der Waals surface area contributed by atoms with Gasteiger partial charge in [0, 0.05) is 20.2 Å². The van der Waals surface area contributed by atoms with Crippen LogP contribution in [0.2, 0.25) is 0 Å². The van der Waals surface area contributed by atoms with Gasteiger partial charge in [0.05, 0.1) is 17.7 Å². The van der Waals surface area contributed by atoms with Crippen molar-refractivity contribution in [2.24, 2.45) is 0 Å². The van der Waals surface area contributed by atoms with Crippen LogP contribution in [0.5, 0.6) is 5.75 Å². The van der Waals surface area contributed by atoms with Gasteiger partial charge in [0.1, 0.15) is 5.75 Å². The van der Waals surface area contributed by atoms with Crippen LogP contribution < -0.4 is 10.1 Å². The van der Waals surface area contributed by atoms with Crippen molar-refractivity contribution in [1.82, 2.24) is 4.31 Å². The summed E-state index contributed by atoms with van der Waals surface area (Å²) in [7, 11) is 0.533. The minimum Gasteiger partial charge on any atom is -0.495 e. The lowest BCUT2D eigenvalue weighted by atomic mass is 10.3. The predicted molar refractivity (Wildman–Crippen MR) is 92.9 cm³/mol. The fourth-order valence-corrected chi connectivity index (χ4v) is 2.67. The van der Waals surface area contributed by atoms with Crippen molar-refractivity contribution in [2.45, 2.75) is 18.2 Å². The number of carbonyl (C=O) groups excluding carboxylic acids is 2. The first-order chi connectivity index (χ1) is 11.7. The molecule has 25 heavy (non-hydrogen) atoms. The van der Waals surface area contributed by atoms with Crippen LogP contribution in [0, 0.1) is 0 Å². The molecule has 0 saturated heterocycles. The maximum absolute atomic E-state index is 12.2. The third-order valence-corrected chi connectivity index (χ3v) is 4.87. The molecule has 8 nitrogen and oxygen atoms in total. The number of amides is 1. The zero-order valence-corrected chi connectivity index (χ0v) is 15.4. The fourth-order valence-electron chi connectivity index (χ4n) is 1.74. The van der Waals surface area contributed by atoms with E-state index in [4.69, 9.17) is 9.47 Å². The summed E-state index contributed by atoms with van der Waals surface area (Å²) >= 11 is 0. The molecule has 0 radical (unpaired) electrons. The van der Waals surface area contributed by atoms with E-state index in [0.717, 1.165) is 4.31 Å². The topological polar surface area (TPSA) is 102 Å². The molecular formula is C16H22N2O6S. The van der Waals surface area contributed by atoms with E-state index in [2.05, 4.69) is 5.32 Å².